The molecule has 1 amide bonds. The van der Waals surface area contributed by atoms with E-state index in [1.54, 1.807) is 57.2 Å². The molecule has 0 aliphatic heterocycles. The molecule has 7 nitrogen and oxygen atoms in total. The molecule has 0 unspecified atom stereocenters. The first kappa shape index (κ1) is 26.9. The Hall–Kier alpha value is -3.16. The lowest BCUT2D eigenvalue weighted by atomic mass is 9.65. The number of nitrogens with one attached hydrogen (secondary N) is 1. The molecule has 0 spiro atoms. The van der Waals surface area contributed by atoms with Gasteiger partial charge in [0.15, 0.2) is 0 Å². The van der Waals surface area contributed by atoms with Crippen LogP contribution in [-0.4, -0.2) is 39.1 Å². The molecule has 3 N–H and O–H groups in total. The highest BCUT2D eigenvalue weighted by atomic mass is 35.5. The van der Waals surface area contributed by atoms with Crippen molar-refractivity contribution in [3.8, 4) is 11.3 Å². The molecule has 3 atom stereocenters. The number of carboxylic acids is 2. The fourth-order valence-electron chi connectivity index (χ4n) is 5.23. The van der Waals surface area contributed by atoms with Crippen molar-refractivity contribution in [3.05, 3.63) is 64.1 Å². The number of halogens is 2. The average Bonchev–Trinajstić information content (AvgIpc) is 3.08. The van der Waals surface area contributed by atoms with Gasteiger partial charge in [-0.1, -0.05) is 55.2 Å². The summed E-state index contributed by atoms with van der Waals surface area (Å²) < 4.78 is 0. The second-order valence-electron chi connectivity index (χ2n) is 10.4. The molecule has 9 heteroatoms. The third-order valence-electron chi connectivity index (χ3n) is 8.04. The highest BCUT2D eigenvalue weighted by Gasteiger charge is 2.58. The van der Waals surface area contributed by atoms with Crippen LogP contribution in [0, 0.1) is 16.7 Å². The van der Waals surface area contributed by atoms with Gasteiger partial charge in [-0.2, -0.15) is 0 Å². The largest absolute Gasteiger partial charge is 0.481 e. The predicted molar refractivity (Wildman–Crippen MR) is 143 cm³/mol. The molecule has 1 fully saturated rings. The molecule has 2 aromatic carbocycles. The van der Waals surface area contributed by atoms with Crippen LogP contribution in [0.5, 0.6) is 0 Å². The lowest BCUT2D eigenvalue weighted by Crippen LogP contribution is -2.49. The zero-order valence-corrected chi connectivity index (χ0v) is 22.2. The number of fused-ring (bicyclic) bond motifs is 1. The van der Waals surface area contributed by atoms with Crippen molar-refractivity contribution in [2.45, 2.75) is 46.1 Å². The zero-order chi connectivity index (χ0) is 27.1. The third-order valence-corrected chi connectivity index (χ3v) is 8.67. The highest BCUT2D eigenvalue weighted by molar-refractivity contribution is 6.39. The number of rotatable bonds is 7. The topological polar surface area (TPSA) is 117 Å². The molecule has 1 aromatic heterocycles. The number of hydrogen-bond donors (Lipinski definition) is 3. The van der Waals surface area contributed by atoms with Crippen LogP contribution in [0.4, 0.5) is 0 Å². The van der Waals surface area contributed by atoms with Gasteiger partial charge in [0.05, 0.1) is 26.7 Å². The second-order valence-corrected chi connectivity index (χ2v) is 11.2. The number of aromatic nitrogens is 1. The summed E-state index contributed by atoms with van der Waals surface area (Å²) >= 11 is 12.6. The molecule has 4 rings (SSSR count). The molecule has 1 heterocycles. The van der Waals surface area contributed by atoms with Crippen molar-refractivity contribution in [2.24, 2.45) is 16.7 Å². The zero-order valence-electron chi connectivity index (χ0n) is 20.7. The first-order chi connectivity index (χ1) is 17.3. The molecule has 194 valence electrons. The molecule has 1 aliphatic rings. The van der Waals surface area contributed by atoms with Crippen LogP contribution in [0.3, 0.4) is 0 Å². The second kappa shape index (κ2) is 9.95. The Labute approximate surface area is 224 Å². The number of carbonyl (C=O) groups excluding carboxylic acids is 1. The summed E-state index contributed by atoms with van der Waals surface area (Å²) in [7, 11) is 0. The molecule has 0 radical (unpaired) electrons. The van der Waals surface area contributed by atoms with E-state index in [1.807, 2.05) is 12.1 Å². The van der Waals surface area contributed by atoms with Crippen LogP contribution in [-0.2, 0) is 20.8 Å². The van der Waals surface area contributed by atoms with Gasteiger partial charge in [0.1, 0.15) is 6.04 Å². The van der Waals surface area contributed by atoms with E-state index in [0.717, 1.165) is 5.39 Å². The van der Waals surface area contributed by atoms with Crippen molar-refractivity contribution in [1.29, 1.82) is 0 Å². The molecule has 0 saturated heterocycles. The first-order valence-corrected chi connectivity index (χ1v) is 12.7. The van der Waals surface area contributed by atoms with Gasteiger partial charge in [-0.15, -0.1) is 0 Å². The van der Waals surface area contributed by atoms with Crippen molar-refractivity contribution >= 4 is 52.0 Å². The summed E-state index contributed by atoms with van der Waals surface area (Å²) in [6.45, 7) is 5.16. The van der Waals surface area contributed by atoms with Crippen LogP contribution < -0.4 is 5.32 Å². The summed E-state index contributed by atoms with van der Waals surface area (Å²) in [4.78, 5) is 41.7. The first-order valence-electron chi connectivity index (χ1n) is 12.0. The van der Waals surface area contributed by atoms with Gasteiger partial charge in [-0.05, 0) is 61.1 Å². The van der Waals surface area contributed by atoms with E-state index in [1.165, 1.54) is 0 Å². The van der Waals surface area contributed by atoms with Gasteiger partial charge < -0.3 is 15.5 Å². The molecule has 37 heavy (non-hydrogen) atoms. The number of benzene rings is 2. The van der Waals surface area contributed by atoms with E-state index in [0.29, 0.717) is 45.2 Å². The maximum absolute atomic E-state index is 13.1. The van der Waals surface area contributed by atoms with Crippen molar-refractivity contribution in [3.63, 3.8) is 0 Å². The fourth-order valence-corrected chi connectivity index (χ4v) is 5.82. The minimum Gasteiger partial charge on any atom is -0.481 e. The van der Waals surface area contributed by atoms with E-state index in [9.17, 15) is 24.6 Å². The van der Waals surface area contributed by atoms with Crippen LogP contribution >= 0.6 is 23.2 Å². The van der Waals surface area contributed by atoms with E-state index in [4.69, 9.17) is 23.2 Å². The Kier molecular flexibility index (Phi) is 7.23. The number of hydrogen-bond acceptors (Lipinski definition) is 4. The summed E-state index contributed by atoms with van der Waals surface area (Å²) in [5.41, 5.74) is 0.772. The number of nitrogens with zero attached hydrogens (tertiary/aromatic N) is 1. The lowest BCUT2D eigenvalue weighted by Gasteiger charge is -2.38. The Morgan fingerprint density at radius 1 is 1.05 bits per heavy atom. The monoisotopic (exact) mass is 542 g/mol. The molecule has 1 aliphatic carbocycles. The Morgan fingerprint density at radius 2 is 1.73 bits per heavy atom. The van der Waals surface area contributed by atoms with Crippen LogP contribution in [0.25, 0.3) is 22.2 Å². The number of carbonyl (C=O) groups is 3. The van der Waals surface area contributed by atoms with Crippen LogP contribution in [0.2, 0.25) is 10.0 Å². The van der Waals surface area contributed by atoms with Gasteiger partial charge in [0.2, 0.25) is 5.91 Å². The van der Waals surface area contributed by atoms with E-state index in [-0.39, 0.29) is 6.42 Å². The van der Waals surface area contributed by atoms with Gasteiger partial charge in [0, 0.05) is 23.3 Å². The van der Waals surface area contributed by atoms with E-state index >= 15 is 0 Å². The Morgan fingerprint density at radius 3 is 2.32 bits per heavy atom. The standard InChI is InChI=1S/C28H28Cl2N2O5/c1-27(2)17(11-12-28(27,3)26(36)37)24(33)32-22(25(34)35)14-15-7-9-20-16(13-15)8-10-21(31-20)23-18(29)5-4-6-19(23)30/h4-10,13,17,22H,11-12,14H2,1-3H3,(H,32,33)(H,34,35)(H,36,37)/t17-,22+,28+/m1/s1. The molecule has 0 bridgehead atoms. The van der Waals surface area contributed by atoms with Gasteiger partial charge in [-0.3, -0.25) is 9.59 Å². The SMILES string of the molecule is CC1(C)[C@@H](C(=O)N[C@@H](Cc2ccc3nc(-c4c(Cl)cccc4Cl)ccc3c2)C(=O)O)CC[C@@]1(C)C(=O)O. The quantitative estimate of drug-likeness (QED) is 0.344. The predicted octanol–water partition coefficient (Wildman–Crippen LogP) is 5.85. The average molecular weight is 543 g/mol. The highest BCUT2D eigenvalue weighted by Crippen LogP contribution is 2.56. The normalized spacial score (nSPS) is 21.5. The molecular formula is C28H28Cl2N2O5. The van der Waals surface area contributed by atoms with Crippen molar-refractivity contribution in [1.82, 2.24) is 10.3 Å². The summed E-state index contributed by atoms with van der Waals surface area (Å²) in [5, 5.41) is 24.0. The summed E-state index contributed by atoms with van der Waals surface area (Å²) in [5.74, 6) is -3.16. The van der Waals surface area contributed by atoms with Crippen LogP contribution in [0.15, 0.2) is 48.5 Å². The maximum atomic E-state index is 13.1. The fraction of sp³-hybridized carbons (Fsp3) is 0.357. The minimum absolute atomic E-state index is 0.0679. The Bertz CT molecular complexity index is 1390. The number of pyridine rings is 1. The summed E-state index contributed by atoms with van der Waals surface area (Å²) in [6.07, 6.45) is 0.802. The number of aliphatic carboxylic acids is 2. The van der Waals surface area contributed by atoms with Crippen molar-refractivity contribution in [2.75, 3.05) is 0 Å². The molecule has 3 aromatic rings. The molecule has 1 saturated carbocycles. The minimum atomic E-state index is -1.16. The van der Waals surface area contributed by atoms with Gasteiger partial charge in [-0.25, -0.2) is 9.78 Å². The number of carboxylic acid groups (broad SMARTS) is 2. The summed E-state index contributed by atoms with van der Waals surface area (Å²) in [6, 6.07) is 13.2. The van der Waals surface area contributed by atoms with E-state index in [2.05, 4.69) is 10.3 Å². The molecular weight excluding hydrogens is 515 g/mol. The van der Waals surface area contributed by atoms with Gasteiger partial charge >= 0.3 is 11.9 Å². The third kappa shape index (κ3) is 4.90. The lowest BCUT2D eigenvalue weighted by molar-refractivity contribution is -0.155. The Balaban J connectivity index is 1.54. The maximum Gasteiger partial charge on any atom is 0.326 e. The number of amides is 1. The smallest absolute Gasteiger partial charge is 0.326 e. The van der Waals surface area contributed by atoms with Gasteiger partial charge in [0.25, 0.3) is 0 Å². The van der Waals surface area contributed by atoms with E-state index < -0.39 is 40.6 Å². The van der Waals surface area contributed by atoms with Crippen LogP contribution in [0.1, 0.15) is 39.2 Å². The van der Waals surface area contributed by atoms with Crippen molar-refractivity contribution < 1.29 is 24.6 Å².